The fourth-order valence-electron chi connectivity index (χ4n) is 3.76. The van der Waals surface area contributed by atoms with Crippen molar-refractivity contribution >= 4 is 21.6 Å². The Hall–Kier alpha value is -2.38. The molecule has 2 aromatic carbocycles. The third-order valence-electron chi connectivity index (χ3n) is 5.11. The van der Waals surface area contributed by atoms with Crippen LogP contribution in [0.3, 0.4) is 0 Å². The van der Waals surface area contributed by atoms with E-state index >= 15 is 0 Å². The molecule has 6 nitrogen and oxygen atoms in total. The molecule has 1 aliphatic heterocycles. The number of hydrogen-bond acceptors (Lipinski definition) is 4. The molecule has 0 saturated carbocycles. The van der Waals surface area contributed by atoms with E-state index in [0.29, 0.717) is 12.3 Å². The van der Waals surface area contributed by atoms with Crippen molar-refractivity contribution in [3.8, 4) is 5.75 Å². The van der Waals surface area contributed by atoms with E-state index in [-0.39, 0.29) is 30.0 Å². The van der Waals surface area contributed by atoms with Crippen molar-refractivity contribution in [2.24, 2.45) is 0 Å². The molecule has 1 unspecified atom stereocenters. The van der Waals surface area contributed by atoms with Crippen LogP contribution in [0.2, 0.25) is 0 Å². The summed E-state index contributed by atoms with van der Waals surface area (Å²) in [7, 11) is -3.65. The smallest absolute Gasteiger partial charge is 0.240 e. The molecule has 3 rings (SSSR count). The number of anilines is 1. The fraction of sp³-hybridized carbons (Fsp3) is 0.409. The lowest BCUT2D eigenvalue weighted by Crippen LogP contribution is -2.33. The van der Waals surface area contributed by atoms with E-state index in [1.807, 2.05) is 31.2 Å². The molecule has 1 heterocycles. The third kappa shape index (κ3) is 4.62. The number of carbonyl (C=O) groups is 1. The van der Waals surface area contributed by atoms with Crippen molar-refractivity contribution in [2.45, 2.75) is 51.0 Å². The lowest BCUT2D eigenvalue weighted by Gasteiger charge is -2.20. The van der Waals surface area contributed by atoms with Crippen LogP contribution >= 0.6 is 0 Å². The van der Waals surface area contributed by atoms with Crippen LogP contribution in [0.15, 0.2) is 47.4 Å². The summed E-state index contributed by atoms with van der Waals surface area (Å²) in [5, 5.41) is 0. The summed E-state index contributed by atoms with van der Waals surface area (Å²) in [6.45, 7) is 8.07. The molecule has 0 radical (unpaired) electrons. The van der Waals surface area contributed by atoms with Gasteiger partial charge >= 0.3 is 0 Å². The van der Waals surface area contributed by atoms with Gasteiger partial charge in [-0.05, 0) is 54.7 Å². The number of amides is 1. The van der Waals surface area contributed by atoms with Crippen LogP contribution in [-0.2, 0) is 21.2 Å². The van der Waals surface area contributed by atoms with E-state index in [1.54, 1.807) is 23.1 Å². The minimum atomic E-state index is -3.65. The van der Waals surface area contributed by atoms with Gasteiger partial charge in [-0.1, -0.05) is 32.0 Å². The van der Waals surface area contributed by atoms with Gasteiger partial charge in [0.2, 0.25) is 15.9 Å². The van der Waals surface area contributed by atoms with Crippen LogP contribution in [0.4, 0.5) is 5.69 Å². The summed E-state index contributed by atoms with van der Waals surface area (Å²) in [6, 6.07) is 12.7. The van der Waals surface area contributed by atoms with E-state index in [9.17, 15) is 13.2 Å². The number of fused-ring (bicyclic) bond motifs is 1. The number of nitrogens with zero attached hydrogens (tertiary/aromatic N) is 1. The van der Waals surface area contributed by atoms with E-state index < -0.39 is 10.0 Å². The zero-order valence-electron chi connectivity index (χ0n) is 17.3. The Kier molecular flexibility index (Phi) is 6.29. The molecule has 0 spiro atoms. The van der Waals surface area contributed by atoms with Gasteiger partial charge in [-0.15, -0.1) is 0 Å². The molecular formula is C22H28N2O4S. The normalized spacial score (nSPS) is 16.2. The quantitative estimate of drug-likeness (QED) is 0.702. The molecule has 1 amide bonds. The second-order valence-electron chi connectivity index (χ2n) is 7.67. The average Bonchev–Trinajstić information content (AvgIpc) is 3.00. The van der Waals surface area contributed by atoms with Crippen LogP contribution in [0.25, 0.3) is 0 Å². The Labute approximate surface area is 172 Å². The summed E-state index contributed by atoms with van der Waals surface area (Å²) in [4.78, 5) is 13.8. The van der Waals surface area contributed by atoms with Gasteiger partial charge < -0.3 is 9.64 Å². The topological polar surface area (TPSA) is 75.7 Å². The number of sulfonamides is 1. The van der Waals surface area contributed by atoms with Crippen LogP contribution in [0, 0.1) is 0 Å². The standard InChI is InChI=1S/C22H28N2O4S/c1-15(2)20-7-5-6-8-22(20)28-12-11-23-29(26,27)19-9-10-21-18(14-19)13-16(3)24(21)17(4)25/h5-10,14-16,23H,11-13H2,1-4H3. The van der Waals surface area contributed by atoms with E-state index in [0.717, 1.165) is 22.6 Å². The van der Waals surface area contributed by atoms with Crippen molar-refractivity contribution in [1.29, 1.82) is 0 Å². The lowest BCUT2D eigenvalue weighted by molar-refractivity contribution is -0.116. The van der Waals surface area contributed by atoms with E-state index in [1.165, 1.54) is 6.92 Å². The maximum atomic E-state index is 12.7. The van der Waals surface area contributed by atoms with Gasteiger partial charge in [-0.25, -0.2) is 13.1 Å². The van der Waals surface area contributed by atoms with Crippen LogP contribution in [-0.4, -0.2) is 33.5 Å². The fourth-order valence-corrected chi connectivity index (χ4v) is 4.83. The average molecular weight is 417 g/mol. The second-order valence-corrected chi connectivity index (χ2v) is 9.44. The number of rotatable bonds is 7. The second kappa shape index (κ2) is 8.55. The Balaban J connectivity index is 1.64. The summed E-state index contributed by atoms with van der Waals surface area (Å²) in [6.07, 6.45) is 0.646. The number of ether oxygens (including phenoxy) is 1. The van der Waals surface area contributed by atoms with Crippen molar-refractivity contribution in [1.82, 2.24) is 4.72 Å². The monoisotopic (exact) mass is 416 g/mol. The molecule has 0 saturated heterocycles. The molecule has 0 bridgehead atoms. The Morgan fingerprint density at radius 2 is 1.97 bits per heavy atom. The molecular weight excluding hydrogens is 388 g/mol. The Bertz CT molecular complexity index is 1000. The molecule has 0 aliphatic carbocycles. The highest BCUT2D eigenvalue weighted by Gasteiger charge is 2.30. The van der Waals surface area contributed by atoms with Crippen LogP contribution in [0.5, 0.6) is 5.75 Å². The number of nitrogens with one attached hydrogen (secondary N) is 1. The van der Waals surface area contributed by atoms with Gasteiger partial charge in [0, 0.05) is 25.2 Å². The molecule has 0 aromatic heterocycles. The Morgan fingerprint density at radius 1 is 1.24 bits per heavy atom. The molecule has 0 fully saturated rings. The highest BCUT2D eigenvalue weighted by atomic mass is 32.2. The first kappa shape index (κ1) is 21.3. The summed E-state index contributed by atoms with van der Waals surface area (Å²) in [5.74, 6) is 1.06. The van der Waals surface area contributed by atoms with Crippen molar-refractivity contribution < 1.29 is 17.9 Å². The Morgan fingerprint density at radius 3 is 2.66 bits per heavy atom. The third-order valence-corrected chi connectivity index (χ3v) is 6.57. The van der Waals surface area contributed by atoms with Crippen LogP contribution < -0.4 is 14.4 Å². The molecule has 1 N–H and O–H groups in total. The number of hydrogen-bond donors (Lipinski definition) is 1. The molecule has 1 atom stereocenters. The molecule has 1 aliphatic rings. The summed E-state index contributed by atoms with van der Waals surface area (Å²) in [5.41, 5.74) is 2.76. The first-order chi connectivity index (χ1) is 13.7. The van der Waals surface area contributed by atoms with Gasteiger partial charge in [-0.3, -0.25) is 4.79 Å². The lowest BCUT2D eigenvalue weighted by atomic mass is 10.0. The van der Waals surface area contributed by atoms with Gasteiger partial charge in [0.05, 0.1) is 4.90 Å². The van der Waals surface area contributed by atoms with Crippen LogP contribution in [0.1, 0.15) is 44.7 Å². The maximum absolute atomic E-state index is 12.7. The van der Waals surface area contributed by atoms with Gasteiger partial charge in [0.15, 0.2) is 0 Å². The molecule has 156 valence electrons. The predicted molar refractivity (Wildman–Crippen MR) is 114 cm³/mol. The predicted octanol–water partition coefficient (Wildman–Crippen LogP) is 3.46. The van der Waals surface area contributed by atoms with Gasteiger partial charge in [0.1, 0.15) is 12.4 Å². The zero-order chi connectivity index (χ0) is 21.2. The summed E-state index contributed by atoms with van der Waals surface area (Å²) >= 11 is 0. The van der Waals surface area contributed by atoms with E-state index in [4.69, 9.17) is 4.74 Å². The van der Waals surface area contributed by atoms with E-state index in [2.05, 4.69) is 18.6 Å². The van der Waals surface area contributed by atoms with Crippen molar-refractivity contribution in [3.63, 3.8) is 0 Å². The molecule has 29 heavy (non-hydrogen) atoms. The largest absolute Gasteiger partial charge is 0.492 e. The first-order valence-electron chi connectivity index (χ1n) is 9.85. The SMILES string of the molecule is CC(=O)N1c2ccc(S(=O)(=O)NCCOc3ccccc3C(C)C)cc2CC1C. The maximum Gasteiger partial charge on any atom is 0.240 e. The molecule has 2 aromatic rings. The summed E-state index contributed by atoms with van der Waals surface area (Å²) < 4.78 is 33.7. The number of carbonyl (C=O) groups excluding carboxylic acids is 1. The van der Waals surface area contributed by atoms with Crippen molar-refractivity contribution in [3.05, 3.63) is 53.6 Å². The van der Waals surface area contributed by atoms with Gasteiger partial charge in [-0.2, -0.15) is 0 Å². The first-order valence-corrected chi connectivity index (χ1v) is 11.3. The zero-order valence-corrected chi connectivity index (χ0v) is 18.1. The minimum absolute atomic E-state index is 0.0304. The van der Waals surface area contributed by atoms with Gasteiger partial charge in [0.25, 0.3) is 0 Å². The highest BCUT2D eigenvalue weighted by molar-refractivity contribution is 7.89. The highest BCUT2D eigenvalue weighted by Crippen LogP contribution is 2.33. The van der Waals surface area contributed by atoms with Crippen molar-refractivity contribution in [2.75, 3.05) is 18.1 Å². The molecule has 7 heteroatoms. The minimum Gasteiger partial charge on any atom is -0.492 e. The number of para-hydroxylation sites is 1. The number of benzene rings is 2.